The molecule has 16 heavy (non-hydrogen) atoms. The van der Waals surface area contributed by atoms with E-state index in [4.69, 9.17) is 0 Å². The summed E-state index contributed by atoms with van der Waals surface area (Å²) in [6, 6.07) is 10.0. The third kappa shape index (κ3) is 22.7. The lowest BCUT2D eigenvalue weighted by molar-refractivity contribution is 1.67. The summed E-state index contributed by atoms with van der Waals surface area (Å²) < 4.78 is 0. The third-order valence-electron chi connectivity index (χ3n) is 1.04. The van der Waals surface area contributed by atoms with Crippen molar-refractivity contribution in [3.05, 3.63) is 87.2 Å². The first kappa shape index (κ1) is 19.5. The summed E-state index contributed by atoms with van der Waals surface area (Å²) in [6.45, 7) is 21.1. The van der Waals surface area contributed by atoms with E-state index in [9.17, 15) is 0 Å². The molecule has 0 nitrogen and oxygen atoms in total. The van der Waals surface area contributed by atoms with Crippen LogP contribution in [-0.2, 0) is 0 Å². The maximum absolute atomic E-state index is 3.63. The van der Waals surface area contributed by atoms with E-state index < -0.39 is 0 Å². The van der Waals surface area contributed by atoms with Crippen molar-refractivity contribution in [2.24, 2.45) is 0 Å². The van der Waals surface area contributed by atoms with Crippen molar-refractivity contribution in [2.75, 3.05) is 0 Å². The zero-order valence-electron chi connectivity index (χ0n) is 10.3. The van der Waals surface area contributed by atoms with Crippen LogP contribution >= 0.6 is 0 Å². The van der Waals surface area contributed by atoms with E-state index in [0.717, 1.165) is 0 Å². The molecule has 0 aliphatic rings. The predicted octanol–water partition coefficient (Wildman–Crippen LogP) is 5.28. The van der Waals surface area contributed by atoms with Crippen LogP contribution in [0.1, 0.15) is 12.5 Å². The first-order valence-corrected chi connectivity index (χ1v) is 4.80. The molecule has 0 saturated heterocycles. The maximum atomic E-state index is 3.63. The quantitative estimate of drug-likeness (QED) is 0.440. The Kier molecular flexibility index (Phi) is 28.2. The van der Waals surface area contributed by atoms with Gasteiger partial charge in [0, 0.05) is 0 Å². The minimum atomic E-state index is 1.17. The fourth-order valence-electron chi connectivity index (χ4n) is 0.589. The highest BCUT2D eigenvalue weighted by atomic mass is 13.8. The Labute approximate surface area is 101 Å². The summed E-state index contributed by atoms with van der Waals surface area (Å²) in [5, 5.41) is 0. The molecular weight excluding hydrogens is 192 g/mol. The molecule has 0 heterocycles. The second-order valence-corrected chi connectivity index (χ2v) is 2.27. The summed E-state index contributed by atoms with van der Waals surface area (Å²) in [7, 11) is 0. The van der Waals surface area contributed by atoms with Gasteiger partial charge in [-0.15, -0.1) is 25.5 Å². The Hall–Kier alpha value is -2.04. The molecule has 86 valence electrons. The number of benzene rings is 1. The Morgan fingerprint density at radius 2 is 1.31 bits per heavy atom. The van der Waals surface area contributed by atoms with Crippen molar-refractivity contribution in [3.63, 3.8) is 0 Å². The molecule has 0 radical (unpaired) electrons. The smallest absolute Gasteiger partial charge is 0.0263 e. The fraction of sp³-hybridized carbons (Fsp3) is 0.0625. The van der Waals surface area contributed by atoms with Crippen LogP contribution in [0.15, 0.2) is 81.6 Å². The third-order valence-corrected chi connectivity index (χ3v) is 1.04. The second kappa shape index (κ2) is 23.1. The lowest BCUT2D eigenvalue weighted by atomic mass is 10.2. The van der Waals surface area contributed by atoms with Crippen molar-refractivity contribution < 1.29 is 0 Å². The molecule has 0 aromatic heterocycles. The van der Waals surface area contributed by atoms with Crippen LogP contribution < -0.4 is 0 Å². The van der Waals surface area contributed by atoms with Crippen LogP contribution in [0.2, 0.25) is 0 Å². The molecule has 0 spiro atoms. The SMILES string of the molecule is C=C.C=C=C.C=CC.C=Cc1ccccc1. The standard InChI is InChI=1S/C8H8.C3H6.C3H4.C2H4/c1-2-8-6-4-3-5-7-8;2*1-3-2;1-2/h2-7H,1H2;3H,1H2,2H3;1-2H2;1-2H2. The van der Waals surface area contributed by atoms with Gasteiger partial charge in [0.25, 0.3) is 0 Å². The van der Waals surface area contributed by atoms with E-state index in [0.29, 0.717) is 0 Å². The van der Waals surface area contributed by atoms with Gasteiger partial charge in [0.2, 0.25) is 0 Å². The molecular formula is C16H22. The number of allylic oxidation sites excluding steroid dienone is 1. The van der Waals surface area contributed by atoms with Crippen LogP contribution in [0.5, 0.6) is 0 Å². The van der Waals surface area contributed by atoms with Crippen LogP contribution in [0, 0.1) is 0 Å². The molecule has 0 aliphatic heterocycles. The van der Waals surface area contributed by atoms with Gasteiger partial charge in [-0.25, -0.2) is 0 Å². The fourth-order valence-corrected chi connectivity index (χ4v) is 0.589. The lowest BCUT2D eigenvalue weighted by Crippen LogP contribution is -1.63. The first-order chi connectivity index (χ1) is 7.76. The monoisotopic (exact) mass is 214 g/mol. The Morgan fingerprint density at radius 3 is 1.50 bits per heavy atom. The first-order valence-electron chi connectivity index (χ1n) is 4.80. The van der Waals surface area contributed by atoms with Gasteiger partial charge in [-0.05, 0) is 12.5 Å². The van der Waals surface area contributed by atoms with Gasteiger partial charge >= 0.3 is 0 Å². The lowest BCUT2D eigenvalue weighted by Gasteiger charge is -1.85. The average Bonchev–Trinajstić information content (AvgIpc) is 2.35. The highest BCUT2D eigenvalue weighted by molar-refractivity contribution is 5.45. The molecule has 0 fully saturated rings. The van der Waals surface area contributed by atoms with E-state index in [1.165, 1.54) is 5.56 Å². The van der Waals surface area contributed by atoms with Crippen LogP contribution in [0.25, 0.3) is 6.08 Å². The van der Waals surface area contributed by atoms with Crippen LogP contribution in [0.3, 0.4) is 0 Å². The van der Waals surface area contributed by atoms with Gasteiger partial charge in [-0.1, -0.05) is 62.2 Å². The summed E-state index contributed by atoms with van der Waals surface area (Å²) in [5.41, 5.74) is 3.42. The van der Waals surface area contributed by atoms with Gasteiger partial charge in [-0.3, -0.25) is 0 Å². The molecule has 0 heteroatoms. The molecule has 1 aromatic rings. The van der Waals surface area contributed by atoms with Crippen molar-refractivity contribution >= 4 is 6.08 Å². The molecule has 0 N–H and O–H groups in total. The average molecular weight is 214 g/mol. The molecule has 0 aliphatic carbocycles. The number of hydrogen-bond acceptors (Lipinski definition) is 0. The van der Waals surface area contributed by atoms with Gasteiger partial charge in [0.1, 0.15) is 0 Å². The van der Waals surface area contributed by atoms with Crippen molar-refractivity contribution in [2.45, 2.75) is 6.92 Å². The minimum Gasteiger partial charge on any atom is -0.137 e. The predicted molar refractivity (Wildman–Crippen MR) is 78.4 cm³/mol. The highest BCUT2D eigenvalue weighted by Crippen LogP contribution is 1.97. The summed E-state index contributed by atoms with van der Waals surface area (Å²) >= 11 is 0. The van der Waals surface area contributed by atoms with Gasteiger partial charge in [0.15, 0.2) is 0 Å². The maximum Gasteiger partial charge on any atom is -0.0263 e. The van der Waals surface area contributed by atoms with E-state index in [1.807, 2.05) is 43.3 Å². The molecule has 0 bridgehead atoms. The largest absolute Gasteiger partial charge is 0.137 e. The zero-order valence-corrected chi connectivity index (χ0v) is 10.3. The highest BCUT2D eigenvalue weighted by Gasteiger charge is 1.75. The zero-order chi connectivity index (χ0) is 13.2. The molecule has 1 rings (SSSR count). The number of hydrogen-bond donors (Lipinski definition) is 0. The van der Waals surface area contributed by atoms with E-state index in [1.54, 1.807) is 6.08 Å². The van der Waals surface area contributed by atoms with E-state index in [-0.39, 0.29) is 0 Å². The second-order valence-electron chi connectivity index (χ2n) is 2.27. The summed E-state index contributed by atoms with van der Waals surface area (Å²) in [6.07, 6.45) is 3.58. The molecule has 1 aromatic carbocycles. The molecule has 0 atom stereocenters. The number of rotatable bonds is 1. The van der Waals surface area contributed by atoms with Gasteiger partial charge in [-0.2, -0.15) is 0 Å². The van der Waals surface area contributed by atoms with Crippen molar-refractivity contribution in [1.29, 1.82) is 0 Å². The Morgan fingerprint density at radius 1 is 1.00 bits per heavy atom. The van der Waals surface area contributed by atoms with Crippen molar-refractivity contribution in [3.8, 4) is 0 Å². The van der Waals surface area contributed by atoms with Gasteiger partial charge < -0.3 is 0 Å². The van der Waals surface area contributed by atoms with Crippen molar-refractivity contribution in [1.82, 2.24) is 0 Å². The van der Waals surface area contributed by atoms with Crippen LogP contribution in [-0.4, -0.2) is 0 Å². The molecule has 0 saturated carbocycles. The van der Waals surface area contributed by atoms with Gasteiger partial charge in [0.05, 0.1) is 0 Å². The topological polar surface area (TPSA) is 0 Å². The molecule has 0 amide bonds. The molecule has 0 unspecified atom stereocenters. The summed E-state index contributed by atoms with van der Waals surface area (Å²) in [5.74, 6) is 0. The van der Waals surface area contributed by atoms with Crippen LogP contribution in [0.4, 0.5) is 0 Å². The normalized spacial score (nSPS) is 5.81. The minimum absolute atomic E-state index is 1.17. The Balaban J connectivity index is -0.000000179. The Bertz CT molecular complexity index is 274. The summed E-state index contributed by atoms with van der Waals surface area (Å²) in [4.78, 5) is 0. The van der Waals surface area contributed by atoms with E-state index in [2.05, 4.69) is 45.2 Å². The van der Waals surface area contributed by atoms with E-state index >= 15 is 0 Å².